The topological polar surface area (TPSA) is 55.1 Å². The van der Waals surface area contributed by atoms with Gasteiger partial charge in [0.05, 0.1) is 11.7 Å². The molecule has 2 heterocycles. The number of aryl methyl sites for hydroxylation is 1. The predicted molar refractivity (Wildman–Crippen MR) is 73.7 cm³/mol. The van der Waals surface area contributed by atoms with Crippen LogP contribution in [0.3, 0.4) is 0 Å². The average Bonchev–Trinajstić information content (AvgIpc) is 2.86. The molecule has 1 amide bonds. The number of carbonyl (C=O) groups excluding carboxylic acids is 1. The van der Waals surface area contributed by atoms with Crippen LogP contribution in [0.5, 0.6) is 0 Å². The van der Waals surface area contributed by atoms with Crippen molar-refractivity contribution in [2.75, 3.05) is 5.73 Å². The van der Waals surface area contributed by atoms with Crippen molar-refractivity contribution < 1.29 is 4.79 Å². The van der Waals surface area contributed by atoms with Crippen LogP contribution < -0.4 is 11.1 Å². The minimum absolute atomic E-state index is 0.0164. The number of carbonyl (C=O) groups is 1. The highest BCUT2D eigenvalue weighted by molar-refractivity contribution is 7.12. The van der Waals surface area contributed by atoms with Crippen LogP contribution in [-0.4, -0.2) is 5.91 Å². The molecule has 1 unspecified atom stereocenters. The van der Waals surface area contributed by atoms with Crippen molar-refractivity contribution in [3.63, 3.8) is 0 Å². The number of amides is 1. The second-order valence-electron chi connectivity index (χ2n) is 3.85. The summed E-state index contributed by atoms with van der Waals surface area (Å²) in [7, 11) is 0. The molecular formula is C12H14N2OS2. The first-order valence-corrected chi connectivity index (χ1v) is 6.97. The summed E-state index contributed by atoms with van der Waals surface area (Å²) in [6.07, 6.45) is 0. The van der Waals surface area contributed by atoms with Crippen molar-refractivity contribution in [3.8, 4) is 0 Å². The molecule has 5 heteroatoms. The number of nitrogen functional groups attached to an aromatic ring is 1. The predicted octanol–water partition coefficient (Wildman–Crippen LogP) is 3.19. The van der Waals surface area contributed by atoms with Crippen LogP contribution in [0, 0.1) is 6.92 Å². The minimum Gasteiger partial charge on any atom is -0.397 e. The van der Waals surface area contributed by atoms with Gasteiger partial charge in [-0.1, -0.05) is 0 Å². The Labute approximate surface area is 108 Å². The standard InChI is InChI=1S/C12H14N2OS2/c1-7-3-4-10(17-7)8(2)14-12(15)11-9(13)5-6-16-11/h3-6,8H,13H2,1-2H3,(H,14,15). The summed E-state index contributed by atoms with van der Waals surface area (Å²) in [5.74, 6) is -0.101. The maximum Gasteiger partial charge on any atom is 0.263 e. The first-order chi connectivity index (χ1) is 8.08. The normalized spacial score (nSPS) is 12.4. The molecule has 0 fully saturated rings. The van der Waals surface area contributed by atoms with E-state index in [4.69, 9.17) is 5.73 Å². The lowest BCUT2D eigenvalue weighted by atomic mass is 10.2. The van der Waals surface area contributed by atoms with Crippen LogP contribution in [0.1, 0.15) is 32.4 Å². The van der Waals surface area contributed by atoms with Gasteiger partial charge in [-0.3, -0.25) is 4.79 Å². The molecule has 17 heavy (non-hydrogen) atoms. The lowest BCUT2D eigenvalue weighted by Crippen LogP contribution is -2.25. The lowest BCUT2D eigenvalue weighted by molar-refractivity contribution is 0.0945. The average molecular weight is 266 g/mol. The Kier molecular flexibility index (Phi) is 3.49. The van der Waals surface area contributed by atoms with E-state index in [2.05, 4.69) is 18.3 Å². The molecule has 0 bridgehead atoms. The largest absolute Gasteiger partial charge is 0.397 e. The lowest BCUT2D eigenvalue weighted by Gasteiger charge is -2.11. The van der Waals surface area contributed by atoms with Crippen molar-refractivity contribution in [1.29, 1.82) is 0 Å². The van der Waals surface area contributed by atoms with Crippen molar-refractivity contribution in [2.24, 2.45) is 0 Å². The number of nitrogens with one attached hydrogen (secondary N) is 1. The fourth-order valence-electron chi connectivity index (χ4n) is 1.52. The smallest absolute Gasteiger partial charge is 0.263 e. The van der Waals surface area contributed by atoms with Crippen LogP contribution in [0.4, 0.5) is 5.69 Å². The molecular weight excluding hydrogens is 252 g/mol. The number of nitrogens with two attached hydrogens (primary N) is 1. The first-order valence-electron chi connectivity index (χ1n) is 5.28. The number of rotatable bonds is 3. The summed E-state index contributed by atoms with van der Waals surface area (Å²) in [4.78, 5) is 14.9. The van der Waals surface area contributed by atoms with E-state index in [1.165, 1.54) is 16.2 Å². The van der Waals surface area contributed by atoms with Crippen LogP contribution in [0.25, 0.3) is 0 Å². The van der Waals surface area contributed by atoms with E-state index in [1.54, 1.807) is 17.4 Å². The Morgan fingerprint density at radius 3 is 2.71 bits per heavy atom. The summed E-state index contributed by atoms with van der Waals surface area (Å²) >= 11 is 3.06. The Bertz CT molecular complexity index is 530. The Hall–Kier alpha value is -1.33. The molecule has 0 aliphatic heterocycles. The molecule has 2 aromatic rings. The van der Waals surface area contributed by atoms with Gasteiger partial charge in [0.15, 0.2) is 0 Å². The molecule has 3 N–H and O–H groups in total. The summed E-state index contributed by atoms with van der Waals surface area (Å²) < 4.78 is 0. The monoisotopic (exact) mass is 266 g/mol. The number of anilines is 1. The van der Waals surface area contributed by atoms with Gasteiger partial charge in [0.25, 0.3) is 5.91 Å². The fourth-order valence-corrected chi connectivity index (χ4v) is 3.12. The van der Waals surface area contributed by atoms with E-state index in [0.717, 1.165) is 4.88 Å². The molecule has 2 rings (SSSR count). The second kappa shape index (κ2) is 4.89. The third kappa shape index (κ3) is 2.68. The molecule has 0 aliphatic carbocycles. The highest BCUT2D eigenvalue weighted by Crippen LogP contribution is 2.24. The number of thiophene rings is 2. The summed E-state index contributed by atoms with van der Waals surface area (Å²) in [6.45, 7) is 4.03. The van der Waals surface area contributed by atoms with E-state index in [-0.39, 0.29) is 11.9 Å². The highest BCUT2D eigenvalue weighted by Gasteiger charge is 2.15. The van der Waals surface area contributed by atoms with E-state index in [9.17, 15) is 4.79 Å². The second-order valence-corrected chi connectivity index (χ2v) is 6.08. The molecule has 0 saturated carbocycles. The maximum atomic E-state index is 11.9. The highest BCUT2D eigenvalue weighted by atomic mass is 32.1. The van der Waals surface area contributed by atoms with Gasteiger partial charge in [-0.15, -0.1) is 22.7 Å². The van der Waals surface area contributed by atoms with Crippen molar-refractivity contribution in [3.05, 3.63) is 38.2 Å². The molecule has 2 aromatic heterocycles. The van der Waals surface area contributed by atoms with E-state index < -0.39 is 0 Å². The zero-order valence-electron chi connectivity index (χ0n) is 9.69. The van der Waals surface area contributed by atoms with E-state index in [1.807, 2.05) is 18.4 Å². The van der Waals surface area contributed by atoms with Gasteiger partial charge in [-0.2, -0.15) is 0 Å². The van der Waals surface area contributed by atoms with Crippen molar-refractivity contribution >= 4 is 34.3 Å². The van der Waals surface area contributed by atoms with Gasteiger partial charge < -0.3 is 11.1 Å². The van der Waals surface area contributed by atoms with Gasteiger partial charge >= 0.3 is 0 Å². The third-order valence-electron chi connectivity index (χ3n) is 2.44. The third-order valence-corrected chi connectivity index (χ3v) is 4.55. The Morgan fingerprint density at radius 2 is 2.18 bits per heavy atom. The molecule has 90 valence electrons. The van der Waals surface area contributed by atoms with E-state index in [0.29, 0.717) is 10.6 Å². The summed E-state index contributed by atoms with van der Waals surface area (Å²) in [6, 6.07) is 5.87. The SMILES string of the molecule is Cc1ccc(C(C)NC(=O)c2sccc2N)s1. The fraction of sp³-hybridized carbons (Fsp3) is 0.250. The zero-order chi connectivity index (χ0) is 12.4. The summed E-state index contributed by atoms with van der Waals surface area (Å²) in [5.41, 5.74) is 6.26. The Balaban J connectivity index is 2.07. The molecule has 3 nitrogen and oxygen atoms in total. The maximum absolute atomic E-state index is 11.9. The van der Waals surface area contributed by atoms with Crippen molar-refractivity contribution in [1.82, 2.24) is 5.32 Å². The first kappa shape index (κ1) is 12.1. The molecule has 1 atom stereocenters. The van der Waals surface area contributed by atoms with Crippen LogP contribution in [0.15, 0.2) is 23.6 Å². The molecule has 0 saturated heterocycles. The van der Waals surface area contributed by atoms with Crippen LogP contribution >= 0.6 is 22.7 Å². The number of hydrogen-bond donors (Lipinski definition) is 2. The molecule has 0 aromatic carbocycles. The van der Waals surface area contributed by atoms with E-state index >= 15 is 0 Å². The van der Waals surface area contributed by atoms with Gasteiger partial charge in [0, 0.05) is 9.75 Å². The van der Waals surface area contributed by atoms with Crippen molar-refractivity contribution in [2.45, 2.75) is 19.9 Å². The Morgan fingerprint density at radius 1 is 1.41 bits per heavy atom. The zero-order valence-corrected chi connectivity index (χ0v) is 11.3. The van der Waals surface area contributed by atoms with Gasteiger partial charge in [0.1, 0.15) is 4.88 Å². The minimum atomic E-state index is -0.101. The van der Waals surface area contributed by atoms with Gasteiger partial charge in [-0.25, -0.2) is 0 Å². The quantitative estimate of drug-likeness (QED) is 0.896. The molecule has 0 spiro atoms. The summed E-state index contributed by atoms with van der Waals surface area (Å²) in [5, 5.41) is 4.78. The van der Waals surface area contributed by atoms with Crippen LogP contribution in [0.2, 0.25) is 0 Å². The van der Waals surface area contributed by atoms with Gasteiger partial charge in [0.2, 0.25) is 0 Å². The van der Waals surface area contributed by atoms with Crippen LogP contribution in [-0.2, 0) is 0 Å². The molecule has 0 aliphatic rings. The number of hydrogen-bond acceptors (Lipinski definition) is 4. The van der Waals surface area contributed by atoms with Gasteiger partial charge in [-0.05, 0) is 37.4 Å². The molecule has 0 radical (unpaired) electrons.